The zero-order valence-electron chi connectivity index (χ0n) is 24.9. The zero-order valence-corrected chi connectivity index (χ0v) is 24.9. The lowest BCUT2D eigenvalue weighted by Gasteiger charge is -2.65. The van der Waals surface area contributed by atoms with Gasteiger partial charge < -0.3 is 15.6 Å². The Hall–Kier alpha value is -2.21. The van der Waals surface area contributed by atoms with Gasteiger partial charge in [0.25, 0.3) is 0 Å². The minimum absolute atomic E-state index is 0.140. The Balaban J connectivity index is 1.41. The van der Waals surface area contributed by atoms with Crippen LogP contribution in [0.3, 0.4) is 0 Å². The summed E-state index contributed by atoms with van der Waals surface area (Å²) in [5.41, 5.74) is 7.12. The van der Waals surface area contributed by atoms with Crippen molar-refractivity contribution in [3.63, 3.8) is 0 Å². The van der Waals surface area contributed by atoms with Crippen LogP contribution in [0.15, 0.2) is 30.3 Å². The minimum Gasteiger partial charge on any atom is -0.481 e. The Morgan fingerprint density at radius 1 is 1.05 bits per heavy atom. The summed E-state index contributed by atoms with van der Waals surface area (Å²) in [6, 6.07) is 9.23. The van der Waals surface area contributed by atoms with Crippen molar-refractivity contribution < 1.29 is 24.2 Å². The summed E-state index contributed by atoms with van der Waals surface area (Å²) in [7, 11) is 0. The maximum absolute atomic E-state index is 13.4. The number of benzene rings is 1. The van der Waals surface area contributed by atoms with Crippen LogP contribution < -0.4 is 5.73 Å². The van der Waals surface area contributed by atoms with Gasteiger partial charge in [-0.2, -0.15) is 0 Å². The smallest absolute Gasteiger partial charge is 0.338 e. The molecule has 0 spiro atoms. The summed E-state index contributed by atoms with van der Waals surface area (Å²) in [4.78, 5) is 37.4. The van der Waals surface area contributed by atoms with E-state index in [9.17, 15) is 19.5 Å². The topological polar surface area (TPSA) is 107 Å². The van der Waals surface area contributed by atoms with Gasteiger partial charge in [0.1, 0.15) is 11.9 Å². The van der Waals surface area contributed by atoms with Gasteiger partial charge >= 0.3 is 11.9 Å². The molecule has 0 aromatic heterocycles. The maximum Gasteiger partial charge on any atom is 0.338 e. The van der Waals surface area contributed by atoms with Crippen molar-refractivity contribution in [3.8, 4) is 0 Å². The van der Waals surface area contributed by atoms with E-state index >= 15 is 0 Å². The SMILES string of the molecule is CC(CCC[C@@H](C)C1CCC2C3C(OC(=O)c4ccccc4)C[C@@]4(N)CC(=O)CCC4(C)C3CCC21C)C(=O)O. The molecular weight excluding hydrogens is 502 g/mol. The number of Topliss-reactive ketones (excluding diaryl/α,β-unsaturated/α-hetero) is 1. The summed E-state index contributed by atoms with van der Waals surface area (Å²) in [5.74, 6) is 1.07. The van der Waals surface area contributed by atoms with Gasteiger partial charge in [-0.25, -0.2) is 4.79 Å². The van der Waals surface area contributed by atoms with Crippen molar-refractivity contribution in [1.29, 1.82) is 0 Å². The van der Waals surface area contributed by atoms with Crippen molar-refractivity contribution in [2.24, 2.45) is 52.1 Å². The van der Waals surface area contributed by atoms with Crippen LogP contribution in [0, 0.1) is 46.3 Å². The molecule has 220 valence electrons. The number of esters is 1. The van der Waals surface area contributed by atoms with Crippen LogP contribution in [-0.2, 0) is 14.3 Å². The Kier molecular flexibility index (Phi) is 7.97. The number of ketones is 1. The molecule has 4 saturated carbocycles. The first-order chi connectivity index (χ1) is 18.9. The number of carboxylic acids is 1. The third kappa shape index (κ3) is 4.92. The molecule has 40 heavy (non-hydrogen) atoms. The number of fused-ring (bicyclic) bond motifs is 5. The highest BCUT2D eigenvalue weighted by molar-refractivity contribution is 5.89. The first-order valence-corrected chi connectivity index (χ1v) is 15.7. The van der Waals surface area contributed by atoms with Crippen molar-refractivity contribution >= 4 is 17.7 Å². The number of hydrogen-bond acceptors (Lipinski definition) is 5. The monoisotopic (exact) mass is 551 g/mol. The molecule has 8 unspecified atom stereocenters. The van der Waals surface area contributed by atoms with Gasteiger partial charge in [-0.05, 0) is 85.2 Å². The zero-order chi connectivity index (χ0) is 28.9. The number of carbonyl (C=O) groups excluding carboxylic acids is 2. The predicted octanol–water partition coefficient (Wildman–Crippen LogP) is 6.66. The normalized spacial score (nSPS) is 40.3. The average molecular weight is 552 g/mol. The highest BCUT2D eigenvalue weighted by Crippen LogP contribution is 2.69. The summed E-state index contributed by atoms with van der Waals surface area (Å²) in [5, 5.41) is 9.30. The van der Waals surface area contributed by atoms with Crippen LogP contribution in [0.4, 0.5) is 0 Å². The van der Waals surface area contributed by atoms with Crippen LogP contribution in [0.25, 0.3) is 0 Å². The van der Waals surface area contributed by atoms with Crippen molar-refractivity contribution in [2.45, 2.75) is 110 Å². The van der Waals surface area contributed by atoms with Gasteiger partial charge in [-0.3, -0.25) is 9.59 Å². The van der Waals surface area contributed by atoms with E-state index in [0.29, 0.717) is 48.5 Å². The van der Waals surface area contributed by atoms with Gasteiger partial charge in [0.2, 0.25) is 0 Å². The van der Waals surface area contributed by atoms with Gasteiger partial charge in [0, 0.05) is 30.7 Å². The second-order valence-corrected chi connectivity index (χ2v) is 14.5. The number of aliphatic carboxylic acids is 1. The molecule has 0 bridgehead atoms. The van der Waals surface area contributed by atoms with E-state index in [4.69, 9.17) is 10.5 Å². The highest BCUT2D eigenvalue weighted by Gasteiger charge is 2.67. The Morgan fingerprint density at radius 3 is 2.48 bits per heavy atom. The fourth-order valence-corrected chi connectivity index (χ4v) is 10.0. The van der Waals surface area contributed by atoms with E-state index in [1.165, 1.54) is 6.42 Å². The molecule has 4 aliphatic carbocycles. The molecule has 10 atom stereocenters. The summed E-state index contributed by atoms with van der Waals surface area (Å²) >= 11 is 0. The number of carbonyl (C=O) groups is 3. The predicted molar refractivity (Wildman–Crippen MR) is 154 cm³/mol. The van der Waals surface area contributed by atoms with E-state index in [1.807, 2.05) is 18.2 Å². The average Bonchev–Trinajstić information content (AvgIpc) is 3.27. The minimum atomic E-state index is -0.707. The Bertz CT molecular complexity index is 1120. The van der Waals surface area contributed by atoms with Crippen LogP contribution in [0.1, 0.15) is 109 Å². The number of ether oxygens (including phenoxy) is 1. The molecule has 4 aliphatic rings. The van der Waals surface area contributed by atoms with E-state index in [-0.39, 0.29) is 40.5 Å². The molecular formula is C34H49NO5. The van der Waals surface area contributed by atoms with E-state index < -0.39 is 11.5 Å². The van der Waals surface area contributed by atoms with Crippen LogP contribution in [0.5, 0.6) is 0 Å². The summed E-state index contributed by atoms with van der Waals surface area (Å²) in [6.07, 6.45) is 9.27. The van der Waals surface area contributed by atoms with E-state index in [0.717, 1.165) is 44.9 Å². The van der Waals surface area contributed by atoms with Crippen LogP contribution in [0.2, 0.25) is 0 Å². The molecule has 6 heteroatoms. The van der Waals surface area contributed by atoms with E-state index in [1.54, 1.807) is 19.1 Å². The molecule has 0 aliphatic heterocycles. The largest absolute Gasteiger partial charge is 0.481 e. The fourth-order valence-electron chi connectivity index (χ4n) is 10.0. The van der Waals surface area contributed by atoms with Gasteiger partial charge in [-0.15, -0.1) is 0 Å². The lowest BCUT2D eigenvalue weighted by Crippen LogP contribution is -2.70. The van der Waals surface area contributed by atoms with E-state index in [2.05, 4.69) is 20.8 Å². The molecule has 0 radical (unpaired) electrons. The second-order valence-electron chi connectivity index (χ2n) is 14.5. The molecule has 3 N–H and O–H groups in total. The maximum atomic E-state index is 13.4. The quantitative estimate of drug-likeness (QED) is 0.350. The van der Waals surface area contributed by atoms with Crippen LogP contribution in [-0.4, -0.2) is 34.5 Å². The molecule has 6 nitrogen and oxygen atoms in total. The van der Waals surface area contributed by atoms with Gasteiger partial charge in [0.15, 0.2) is 0 Å². The number of rotatable bonds is 8. The van der Waals surface area contributed by atoms with Crippen molar-refractivity contribution in [2.75, 3.05) is 0 Å². The van der Waals surface area contributed by atoms with Gasteiger partial charge in [0.05, 0.1) is 11.5 Å². The lowest BCUT2D eigenvalue weighted by molar-refractivity contribution is -0.177. The molecule has 1 aromatic carbocycles. The first kappa shape index (κ1) is 29.3. The number of nitrogens with two attached hydrogens (primary N) is 1. The third-order valence-electron chi connectivity index (χ3n) is 12.5. The molecule has 0 saturated heterocycles. The van der Waals surface area contributed by atoms with Crippen LogP contribution >= 0.6 is 0 Å². The molecule has 0 amide bonds. The Morgan fingerprint density at radius 2 is 1.77 bits per heavy atom. The molecule has 4 fully saturated rings. The third-order valence-corrected chi connectivity index (χ3v) is 12.5. The standard InChI is InChI=1S/C34H49NO5/c1-21(9-8-10-22(2)30(37)38)25-13-14-26-29-27(16-17-32(25,26)3)33(4)18-15-24(36)19-34(33,35)20-28(29)40-31(39)23-11-6-5-7-12-23/h5-7,11-12,21-22,25-29H,8-10,13-20,35H2,1-4H3,(H,37,38)/t21-,22?,25?,26?,27?,28?,29?,32?,33?,34+/m1/s1. The first-order valence-electron chi connectivity index (χ1n) is 15.7. The number of hydrogen-bond donors (Lipinski definition) is 2. The second kappa shape index (κ2) is 10.9. The van der Waals surface area contributed by atoms with Gasteiger partial charge in [-0.1, -0.05) is 58.7 Å². The number of carboxylic acid groups (broad SMARTS) is 1. The van der Waals surface area contributed by atoms with Crippen molar-refractivity contribution in [1.82, 2.24) is 0 Å². The fraction of sp³-hybridized carbons (Fsp3) is 0.735. The van der Waals surface area contributed by atoms with Crippen molar-refractivity contribution in [3.05, 3.63) is 35.9 Å². The lowest BCUT2D eigenvalue weighted by atomic mass is 9.41. The summed E-state index contributed by atoms with van der Waals surface area (Å²) in [6.45, 7) is 8.98. The molecule has 1 aromatic rings. The Labute approximate surface area is 239 Å². The molecule has 0 heterocycles. The molecule has 5 rings (SSSR count). The summed E-state index contributed by atoms with van der Waals surface area (Å²) < 4.78 is 6.42. The highest BCUT2D eigenvalue weighted by atomic mass is 16.5.